The van der Waals surface area contributed by atoms with Crippen molar-refractivity contribution in [1.82, 2.24) is 0 Å². The van der Waals surface area contributed by atoms with E-state index in [0.717, 1.165) is 47.6 Å². The van der Waals surface area contributed by atoms with E-state index in [0.29, 0.717) is 17.8 Å². The van der Waals surface area contributed by atoms with Crippen molar-refractivity contribution in [2.24, 2.45) is 27.7 Å². The van der Waals surface area contributed by atoms with Gasteiger partial charge in [0.05, 0.1) is 11.1 Å². The van der Waals surface area contributed by atoms with E-state index in [4.69, 9.17) is 9.98 Å². The van der Waals surface area contributed by atoms with Crippen LogP contribution >= 0.6 is 0 Å². The Bertz CT molecular complexity index is 2530. The molecule has 2 fully saturated rings. The maximum absolute atomic E-state index is 14.5. The standard InChI is InChI=1S/C52H43FN2/c1-3-48(55-50(35-15-7-4-5-8-16-35)54-34(2)42-21-13-17-36-32-44(36)42)37-29-30-51(33-40(51)31-37)46-23-14-24-47-49(46)43-20-11-12-22-45(43)52(47,38-18-9-6-10-19-38)39-25-27-41(53)28-26-39/h4-15,17-31,36,40,44H,2-3,16,32-33H2,1H3. The van der Waals surface area contributed by atoms with Crippen LogP contribution in [0.25, 0.3) is 11.1 Å². The van der Waals surface area contributed by atoms with Crippen LogP contribution in [0.4, 0.5) is 4.39 Å². The fourth-order valence-electron chi connectivity index (χ4n) is 9.80. The first-order valence-electron chi connectivity index (χ1n) is 19.7. The van der Waals surface area contributed by atoms with Crippen LogP contribution in [0, 0.1) is 23.6 Å². The molecule has 2 saturated carbocycles. The van der Waals surface area contributed by atoms with Gasteiger partial charge in [0.25, 0.3) is 0 Å². The van der Waals surface area contributed by atoms with Crippen LogP contribution in [-0.4, -0.2) is 11.5 Å². The molecule has 10 rings (SSSR count). The molecule has 55 heavy (non-hydrogen) atoms. The second-order valence-corrected chi connectivity index (χ2v) is 15.7. The summed E-state index contributed by atoms with van der Waals surface area (Å²) in [6.45, 7) is 6.64. The van der Waals surface area contributed by atoms with E-state index >= 15 is 0 Å². The Labute approximate surface area is 323 Å². The Balaban J connectivity index is 1.05. The van der Waals surface area contributed by atoms with Crippen LogP contribution in [0.5, 0.6) is 0 Å². The lowest BCUT2D eigenvalue weighted by atomic mass is 9.67. The first kappa shape index (κ1) is 33.6. The van der Waals surface area contributed by atoms with E-state index in [2.05, 4.69) is 153 Å². The van der Waals surface area contributed by atoms with E-state index in [9.17, 15) is 4.39 Å². The Kier molecular flexibility index (Phi) is 8.03. The van der Waals surface area contributed by atoms with Crippen LogP contribution < -0.4 is 0 Å². The van der Waals surface area contributed by atoms with Crippen LogP contribution in [0.2, 0.25) is 0 Å². The minimum atomic E-state index is -0.569. The molecule has 5 atom stereocenters. The third-order valence-electron chi connectivity index (χ3n) is 12.7. The zero-order valence-corrected chi connectivity index (χ0v) is 31.1. The van der Waals surface area contributed by atoms with E-state index < -0.39 is 5.41 Å². The number of nitrogens with zero attached hydrogens (tertiary/aromatic N) is 2. The highest BCUT2D eigenvalue weighted by molar-refractivity contribution is 6.14. The largest absolute Gasteiger partial charge is 0.233 e. The van der Waals surface area contributed by atoms with Crippen molar-refractivity contribution in [3.63, 3.8) is 0 Å². The highest BCUT2D eigenvalue weighted by atomic mass is 19.1. The highest BCUT2D eigenvalue weighted by Crippen LogP contribution is 2.65. The van der Waals surface area contributed by atoms with Crippen molar-refractivity contribution in [3.05, 3.63) is 227 Å². The number of amidine groups is 1. The topological polar surface area (TPSA) is 24.7 Å². The predicted molar refractivity (Wildman–Crippen MR) is 225 cm³/mol. The molecular formula is C52H43FN2. The Morgan fingerprint density at radius 3 is 2.42 bits per heavy atom. The summed E-state index contributed by atoms with van der Waals surface area (Å²) < 4.78 is 14.5. The Hall–Kier alpha value is -5.93. The van der Waals surface area contributed by atoms with Crippen molar-refractivity contribution in [2.75, 3.05) is 0 Å². The molecule has 2 nitrogen and oxygen atoms in total. The first-order chi connectivity index (χ1) is 27.0. The molecule has 0 radical (unpaired) electrons. The molecule has 0 saturated heterocycles. The highest BCUT2D eigenvalue weighted by Gasteiger charge is 2.57. The summed E-state index contributed by atoms with van der Waals surface area (Å²) in [5, 5.41) is 0. The summed E-state index contributed by atoms with van der Waals surface area (Å²) in [4.78, 5) is 10.5. The van der Waals surface area contributed by atoms with Gasteiger partial charge in [0, 0.05) is 16.7 Å². The van der Waals surface area contributed by atoms with Crippen molar-refractivity contribution in [1.29, 1.82) is 0 Å². The van der Waals surface area contributed by atoms with Gasteiger partial charge in [-0.25, -0.2) is 14.4 Å². The molecule has 5 unspecified atom stereocenters. The van der Waals surface area contributed by atoms with E-state index in [1.54, 1.807) is 12.1 Å². The lowest BCUT2D eigenvalue weighted by molar-refractivity contribution is 0.625. The van der Waals surface area contributed by atoms with Crippen LogP contribution in [0.1, 0.15) is 60.4 Å². The third-order valence-corrected chi connectivity index (χ3v) is 12.7. The molecule has 6 aliphatic carbocycles. The van der Waals surface area contributed by atoms with Crippen LogP contribution in [-0.2, 0) is 10.8 Å². The number of halogens is 1. The summed E-state index contributed by atoms with van der Waals surface area (Å²) in [5.74, 6) is 2.04. The molecule has 0 aromatic heterocycles. The van der Waals surface area contributed by atoms with Gasteiger partial charge in [-0.15, -0.1) is 0 Å². The minimum absolute atomic E-state index is 0.108. The first-order valence-corrected chi connectivity index (χ1v) is 19.7. The number of allylic oxidation sites excluding steroid dienone is 13. The molecule has 0 bridgehead atoms. The Morgan fingerprint density at radius 2 is 1.58 bits per heavy atom. The lowest BCUT2D eigenvalue weighted by Crippen LogP contribution is -2.28. The minimum Gasteiger partial charge on any atom is -0.233 e. The van der Waals surface area contributed by atoms with Crippen molar-refractivity contribution in [2.45, 2.75) is 43.4 Å². The van der Waals surface area contributed by atoms with Crippen LogP contribution in [0.3, 0.4) is 0 Å². The molecule has 0 aliphatic heterocycles. The summed E-state index contributed by atoms with van der Waals surface area (Å²) in [6, 6.07) is 33.6. The number of rotatable bonds is 8. The molecule has 0 amide bonds. The maximum atomic E-state index is 14.5. The zero-order chi connectivity index (χ0) is 37.1. The Morgan fingerprint density at radius 1 is 0.800 bits per heavy atom. The van der Waals surface area contributed by atoms with Crippen LogP contribution in [0.15, 0.2) is 203 Å². The van der Waals surface area contributed by atoms with Gasteiger partial charge in [0.15, 0.2) is 5.84 Å². The number of fused-ring (bicyclic) bond motifs is 5. The predicted octanol–water partition coefficient (Wildman–Crippen LogP) is 12.3. The van der Waals surface area contributed by atoms with Gasteiger partial charge in [-0.05, 0) is 106 Å². The smallest absolute Gasteiger partial charge is 0.156 e. The van der Waals surface area contributed by atoms with Gasteiger partial charge in [0.1, 0.15) is 5.82 Å². The maximum Gasteiger partial charge on any atom is 0.156 e. The summed E-state index contributed by atoms with van der Waals surface area (Å²) >= 11 is 0. The third kappa shape index (κ3) is 5.43. The summed E-state index contributed by atoms with van der Waals surface area (Å²) in [5.41, 5.74) is 13.4. The fourth-order valence-corrected chi connectivity index (χ4v) is 9.80. The molecule has 0 spiro atoms. The SMILES string of the molecule is C=C(N=C(N=C(CC)C1=CC2CC2(c2cccc3c2-c2ccccc2C3(c2ccccc2)c2ccc(F)cc2)C=C1)C1=CC=CC=CC1)C1=CC=CC2CC12. The molecule has 0 N–H and O–H groups in total. The van der Waals surface area contributed by atoms with E-state index in [-0.39, 0.29) is 11.2 Å². The molecule has 3 heteroatoms. The average Bonchev–Trinajstić information content (AvgIpc) is 4.15. The zero-order valence-electron chi connectivity index (χ0n) is 31.1. The second kappa shape index (κ2) is 13.1. The van der Waals surface area contributed by atoms with E-state index in [1.807, 2.05) is 12.1 Å². The molecule has 268 valence electrons. The number of aliphatic imine (C=N–C) groups is 2. The van der Waals surface area contributed by atoms with Gasteiger partial charge < -0.3 is 0 Å². The summed E-state index contributed by atoms with van der Waals surface area (Å²) in [7, 11) is 0. The van der Waals surface area contributed by atoms with Gasteiger partial charge in [-0.1, -0.05) is 165 Å². The van der Waals surface area contributed by atoms with Gasteiger partial charge in [0.2, 0.25) is 0 Å². The van der Waals surface area contributed by atoms with Gasteiger partial charge in [-0.3, -0.25) is 0 Å². The van der Waals surface area contributed by atoms with E-state index in [1.165, 1.54) is 50.9 Å². The van der Waals surface area contributed by atoms with Gasteiger partial charge in [-0.2, -0.15) is 0 Å². The normalized spacial score (nSPS) is 26.9. The van der Waals surface area contributed by atoms with Crippen molar-refractivity contribution < 1.29 is 4.39 Å². The molecule has 0 heterocycles. The summed E-state index contributed by atoms with van der Waals surface area (Å²) in [6.07, 6.45) is 28.2. The number of hydrogen-bond acceptors (Lipinski definition) is 1. The second-order valence-electron chi connectivity index (χ2n) is 15.7. The number of hydrogen-bond donors (Lipinski definition) is 0. The molecular weight excluding hydrogens is 672 g/mol. The molecule has 4 aromatic rings. The monoisotopic (exact) mass is 714 g/mol. The fraction of sp³-hybridized carbons (Fsp3) is 0.192. The average molecular weight is 715 g/mol. The molecule has 6 aliphatic rings. The molecule has 4 aromatic carbocycles. The quantitative estimate of drug-likeness (QED) is 0.113. The van der Waals surface area contributed by atoms with Crippen molar-refractivity contribution in [3.8, 4) is 11.1 Å². The van der Waals surface area contributed by atoms with Gasteiger partial charge >= 0.3 is 0 Å². The van der Waals surface area contributed by atoms with Crippen molar-refractivity contribution >= 4 is 11.5 Å². The number of benzene rings is 4. The lowest BCUT2D eigenvalue weighted by Gasteiger charge is -2.34.